The van der Waals surface area contributed by atoms with E-state index in [9.17, 15) is 9.59 Å². The van der Waals surface area contributed by atoms with Gasteiger partial charge in [0.05, 0.1) is 6.04 Å². The number of amides is 1. The van der Waals surface area contributed by atoms with Crippen LogP contribution in [0, 0.1) is 0 Å². The number of carboxylic acids is 1. The fourth-order valence-corrected chi connectivity index (χ4v) is 2.52. The second-order valence-electron chi connectivity index (χ2n) is 4.92. The Bertz CT molecular complexity index is 291. The molecule has 0 aromatic heterocycles. The predicted octanol–water partition coefficient (Wildman–Crippen LogP) is 0.839. The summed E-state index contributed by atoms with van der Waals surface area (Å²) in [4.78, 5) is 24.7. The van der Waals surface area contributed by atoms with E-state index >= 15 is 0 Å². The highest BCUT2D eigenvalue weighted by Gasteiger charge is 2.33. The van der Waals surface area contributed by atoms with Crippen LogP contribution < -0.4 is 5.32 Å². The Hall–Kier alpha value is -1.10. The second-order valence-corrected chi connectivity index (χ2v) is 4.92. The van der Waals surface area contributed by atoms with Crippen molar-refractivity contribution in [1.82, 2.24) is 10.2 Å². The van der Waals surface area contributed by atoms with Crippen LogP contribution in [-0.4, -0.2) is 46.6 Å². The first-order valence-electron chi connectivity index (χ1n) is 6.20. The van der Waals surface area contributed by atoms with Crippen LogP contribution in [-0.2, 0) is 9.59 Å². The van der Waals surface area contributed by atoms with E-state index in [-0.39, 0.29) is 24.4 Å². The van der Waals surface area contributed by atoms with E-state index in [4.69, 9.17) is 5.11 Å². The van der Waals surface area contributed by atoms with Crippen molar-refractivity contribution in [3.63, 3.8) is 0 Å². The first-order valence-corrected chi connectivity index (χ1v) is 6.20. The average molecular weight is 242 g/mol. The Morgan fingerprint density at radius 2 is 2.24 bits per heavy atom. The zero-order chi connectivity index (χ0) is 13.0. The molecule has 1 fully saturated rings. The van der Waals surface area contributed by atoms with Crippen molar-refractivity contribution in [3.8, 4) is 0 Å². The van der Waals surface area contributed by atoms with Gasteiger partial charge in [0.25, 0.3) is 0 Å². The SMILES string of the molecule is CC(C)N1C(C)CCNC(=O)C1CCC(=O)O. The van der Waals surface area contributed by atoms with E-state index in [2.05, 4.69) is 17.1 Å². The monoisotopic (exact) mass is 242 g/mol. The van der Waals surface area contributed by atoms with Crippen molar-refractivity contribution < 1.29 is 14.7 Å². The molecular weight excluding hydrogens is 220 g/mol. The number of carbonyl (C=O) groups is 2. The molecule has 0 aromatic rings. The van der Waals surface area contributed by atoms with E-state index in [0.29, 0.717) is 19.0 Å². The second kappa shape index (κ2) is 6.00. The first-order chi connectivity index (χ1) is 7.93. The van der Waals surface area contributed by atoms with Crippen LogP contribution in [0.25, 0.3) is 0 Å². The van der Waals surface area contributed by atoms with Gasteiger partial charge in [0.2, 0.25) is 5.91 Å². The van der Waals surface area contributed by atoms with E-state index < -0.39 is 5.97 Å². The zero-order valence-corrected chi connectivity index (χ0v) is 10.8. The Morgan fingerprint density at radius 3 is 2.76 bits per heavy atom. The molecule has 2 unspecified atom stereocenters. The lowest BCUT2D eigenvalue weighted by Crippen LogP contribution is -2.50. The Labute approximate surface area is 102 Å². The summed E-state index contributed by atoms with van der Waals surface area (Å²) in [5.74, 6) is -0.886. The fraction of sp³-hybridized carbons (Fsp3) is 0.833. The number of hydrogen-bond acceptors (Lipinski definition) is 3. The van der Waals surface area contributed by atoms with E-state index in [1.165, 1.54) is 0 Å². The molecular formula is C12H22N2O3. The summed E-state index contributed by atoms with van der Waals surface area (Å²) in [7, 11) is 0. The summed E-state index contributed by atoms with van der Waals surface area (Å²) in [6.07, 6.45) is 1.32. The Morgan fingerprint density at radius 1 is 1.59 bits per heavy atom. The van der Waals surface area contributed by atoms with Gasteiger partial charge in [-0.1, -0.05) is 0 Å². The van der Waals surface area contributed by atoms with Crippen molar-refractivity contribution in [3.05, 3.63) is 0 Å². The molecule has 1 amide bonds. The molecule has 5 heteroatoms. The number of nitrogens with zero attached hydrogens (tertiary/aromatic N) is 1. The minimum absolute atomic E-state index is 0.0357. The molecule has 1 aliphatic rings. The standard InChI is InChI=1S/C12H22N2O3/c1-8(2)14-9(3)6-7-13-12(17)10(14)4-5-11(15)16/h8-10H,4-7H2,1-3H3,(H,13,17)(H,15,16). The maximum absolute atomic E-state index is 11.9. The van der Waals surface area contributed by atoms with Crippen LogP contribution in [0.15, 0.2) is 0 Å². The summed E-state index contributed by atoms with van der Waals surface area (Å²) in [6, 6.07) is 0.226. The molecule has 1 rings (SSSR count). The highest BCUT2D eigenvalue weighted by molar-refractivity contribution is 5.82. The van der Waals surface area contributed by atoms with Crippen molar-refractivity contribution in [2.75, 3.05) is 6.54 Å². The van der Waals surface area contributed by atoms with Gasteiger partial charge in [-0.05, 0) is 33.6 Å². The van der Waals surface area contributed by atoms with E-state index in [1.807, 2.05) is 13.8 Å². The molecule has 1 aliphatic heterocycles. The quantitative estimate of drug-likeness (QED) is 0.766. The molecule has 5 nitrogen and oxygen atoms in total. The number of hydrogen-bond donors (Lipinski definition) is 2. The van der Waals surface area contributed by atoms with Crippen LogP contribution in [0.3, 0.4) is 0 Å². The van der Waals surface area contributed by atoms with Crippen molar-refractivity contribution in [2.24, 2.45) is 0 Å². The molecule has 0 radical (unpaired) electrons. The van der Waals surface area contributed by atoms with Gasteiger partial charge in [0.1, 0.15) is 0 Å². The van der Waals surface area contributed by atoms with E-state index in [1.54, 1.807) is 0 Å². The van der Waals surface area contributed by atoms with E-state index in [0.717, 1.165) is 6.42 Å². The van der Waals surface area contributed by atoms with Crippen molar-refractivity contribution >= 4 is 11.9 Å². The molecule has 2 atom stereocenters. The highest BCUT2D eigenvalue weighted by Crippen LogP contribution is 2.19. The van der Waals surface area contributed by atoms with Crippen LogP contribution in [0.4, 0.5) is 0 Å². The largest absolute Gasteiger partial charge is 0.481 e. The average Bonchev–Trinajstić information content (AvgIpc) is 2.35. The smallest absolute Gasteiger partial charge is 0.303 e. The van der Waals surface area contributed by atoms with Gasteiger partial charge >= 0.3 is 5.97 Å². The summed E-state index contributed by atoms with van der Waals surface area (Å²) in [6.45, 7) is 6.85. The molecule has 2 N–H and O–H groups in total. The summed E-state index contributed by atoms with van der Waals surface area (Å²) in [5.41, 5.74) is 0. The molecule has 0 aliphatic carbocycles. The number of nitrogens with one attached hydrogen (secondary N) is 1. The van der Waals surface area contributed by atoms with Gasteiger partial charge < -0.3 is 10.4 Å². The van der Waals surface area contributed by atoms with Gasteiger partial charge in [-0.2, -0.15) is 0 Å². The lowest BCUT2D eigenvalue weighted by Gasteiger charge is -2.36. The summed E-state index contributed by atoms with van der Waals surface area (Å²) >= 11 is 0. The molecule has 1 saturated heterocycles. The number of carboxylic acid groups (broad SMARTS) is 1. The maximum atomic E-state index is 11.9. The molecule has 0 saturated carbocycles. The minimum Gasteiger partial charge on any atom is -0.481 e. The third kappa shape index (κ3) is 3.70. The third-order valence-electron chi connectivity index (χ3n) is 3.26. The number of rotatable bonds is 4. The van der Waals surface area contributed by atoms with Gasteiger partial charge in [-0.25, -0.2) is 0 Å². The highest BCUT2D eigenvalue weighted by atomic mass is 16.4. The maximum Gasteiger partial charge on any atom is 0.303 e. The molecule has 0 aromatic carbocycles. The van der Waals surface area contributed by atoms with Crippen molar-refractivity contribution in [1.29, 1.82) is 0 Å². The lowest BCUT2D eigenvalue weighted by molar-refractivity contribution is -0.138. The van der Waals surface area contributed by atoms with Crippen LogP contribution in [0.2, 0.25) is 0 Å². The normalized spacial score (nSPS) is 26.7. The number of aliphatic carboxylic acids is 1. The van der Waals surface area contributed by atoms with Crippen molar-refractivity contribution in [2.45, 2.75) is 58.2 Å². The topological polar surface area (TPSA) is 69.6 Å². The first kappa shape index (κ1) is 14.0. The Kier molecular flexibility index (Phi) is 4.93. The van der Waals surface area contributed by atoms with Crippen LogP contribution >= 0.6 is 0 Å². The predicted molar refractivity (Wildman–Crippen MR) is 64.7 cm³/mol. The third-order valence-corrected chi connectivity index (χ3v) is 3.26. The molecule has 1 heterocycles. The summed E-state index contributed by atoms with van der Waals surface area (Å²) in [5, 5.41) is 11.6. The number of carbonyl (C=O) groups excluding carboxylic acids is 1. The van der Waals surface area contributed by atoms with Gasteiger partial charge in [0.15, 0.2) is 0 Å². The minimum atomic E-state index is -0.849. The molecule has 0 bridgehead atoms. The Balaban J connectivity index is 2.81. The fourth-order valence-electron chi connectivity index (χ4n) is 2.52. The molecule has 0 spiro atoms. The zero-order valence-electron chi connectivity index (χ0n) is 10.8. The van der Waals surface area contributed by atoms with Gasteiger partial charge in [0, 0.05) is 25.0 Å². The van der Waals surface area contributed by atoms with Gasteiger partial charge in [-0.3, -0.25) is 14.5 Å². The van der Waals surface area contributed by atoms with Crippen LogP contribution in [0.5, 0.6) is 0 Å². The van der Waals surface area contributed by atoms with Crippen LogP contribution in [0.1, 0.15) is 40.0 Å². The lowest BCUT2D eigenvalue weighted by atomic mass is 10.0. The van der Waals surface area contributed by atoms with Gasteiger partial charge in [-0.15, -0.1) is 0 Å². The molecule has 17 heavy (non-hydrogen) atoms. The summed E-state index contributed by atoms with van der Waals surface area (Å²) < 4.78 is 0. The molecule has 98 valence electrons.